The highest BCUT2D eigenvalue weighted by Gasteiger charge is 2.04. The van der Waals surface area contributed by atoms with Gasteiger partial charge in [-0.1, -0.05) is 11.8 Å². The number of nitrogens with two attached hydrogens (primary N) is 1. The van der Waals surface area contributed by atoms with Crippen molar-refractivity contribution in [2.24, 2.45) is 10.8 Å². The first kappa shape index (κ1) is 12.4. The molecule has 0 aliphatic heterocycles. The van der Waals surface area contributed by atoms with Crippen molar-refractivity contribution in [3.63, 3.8) is 0 Å². The molecule has 0 spiro atoms. The number of nitrogens with zero attached hydrogens (tertiary/aromatic N) is 1. The van der Waals surface area contributed by atoms with E-state index in [1.807, 2.05) is 0 Å². The largest absolute Gasteiger partial charge is 0.497 e. The lowest BCUT2D eigenvalue weighted by Crippen LogP contribution is -2.21. The molecule has 0 aliphatic rings. The maximum Gasteiger partial charge on any atom is 0.271 e. The summed E-state index contributed by atoms with van der Waals surface area (Å²) in [5.41, 5.74) is 8.27. The third-order valence-corrected chi connectivity index (χ3v) is 2.34. The summed E-state index contributed by atoms with van der Waals surface area (Å²) in [4.78, 5) is 11.5. The predicted octanol–water partition coefficient (Wildman–Crippen LogP) is 1.02. The summed E-state index contributed by atoms with van der Waals surface area (Å²) in [6, 6.07) is 6.71. The first-order valence-electron chi connectivity index (χ1n) is 4.49. The molecule has 0 aromatic heterocycles. The summed E-state index contributed by atoms with van der Waals surface area (Å²) >= 11 is 1.26. The van der Waals surface area contributed by atoms with E-state index in [-0.39, 0.29) is 5.91 Å². The lowest BCUT2D eigenvalue weighted by Gasteiger charge is -2.02. The summed E-state index contributed by atoms with van der Waals surface area (Å²) in [6.45, 7) is 0. The Morgan fingerprint density at radius 3 is 2.56 bits per heavy atom. The number of ether oxygens (including phenoxy) is 1. The van der Waals surface area contributed by atoms with E-state index in [0.717, 1.165) is 0 Å². The van der Waals surface area contributed by atoms with Crippen LogP contribution < -0.4 is 15.9 Å². The molecule has 16 heavy (non-hydrogen) atoms. The van der Waals surface area contributed by atoms with Gasteiger partial charge >= 0.3 is 0 Å². The summed E-state index contributed by atoms with van der Waals surface area (Å²) in [5.74, 6) is 0.392. The normalized spacial score (nSPS) is 11.0. The first-order chi connectivity index (χ1) is 7.67. The molecule has 0 bridgehead atoms. The van der Waals surface area contributed by atoms with E-state index in [0.29, 0.717) is 16.5 Å². The minimum Gasteiger partial charge on any atom is -0.497 e. The lowest BCUT2D eigenvalue weighted by atomic mass is 10.2. The Bertz CT molecular complexity index is 390. The number of hydrogen-bond donors (Lipinski definition) is 2. The lowest BCUT2D eigenvalue weighted by molar-refractivity contribution is 0.0955. The molecular weight excluding hydrogens is 226 g/mol. The van der Waals surface area contributed by atoms with E-state index in [9.17, 15) is 4.79 Å². The van der Waals surface area contributed by atoms with Gasteiger partial charge in [0.2, 0.25) is 0 Å². The van der Waals surface area contributed by atoms with Crippen LogP contribution in [-0.2, 0) is 0 Å². The number of hydrazone groups is 1. The predicted molar refractivity (Wildman–Crippen MR) is 65.6 cm³/mol. The molecular formula is C10H13N3O2S. The van der Waals surface area contributed by atoms with Crippen LogP contribution in [0.3, 0.4) is 0 Å². The average Bonchev–Trinajstić information content (AvgIpc) is 2.35. The van der Waals surface area contributed by atoms with Crippen LogP contribution in [0.25, 0.3) is 0 Å². The van der Waals surface area contributed by atoms with E-state index in [1.165, 1.54) is 11.8 Å². The maximum absolute atomic E-state index is 11.5. The number of amides is 1. The topological polar surface area (TPSA) is 76.7 Å². The molecule has 86 valence electrons. The zero-order valence-corrected chi connectivity index (χ0v) is 9.88. The highest BCUT2D eigenvalue weighted by atomic mass is 32.2. The van der Waals surface area contributed by atoms with Crippen LogP contribution in [-0.4, -0.2) is 24.4 Å². The number of carbonyl (C=O) groups excluding carboxylic acids is 1. The third kappa shape index (κ3) is 3.47. The molecule has 1 aromatic rings. The van der Waals surface area contributed by atoms with Crippen LogP contribution in [0, 0.1) is 0 Å². The van der Waals surface area contributed by atoms with E-state index in [1.54, 1.807) is 37.6 Å². The zero-order chi connectivity index (χ0) is 12.0. The van der Waals surface area contributed by atoms with Gasteiger partial charge < -0.3 is 10.5 Å². The minimum absolute atomic E-state index is 0.306. The molecule has 0 saturated carbocycles. The van der Waals surface area contributed by atoms with Gasteiger partial charge in [0.05, 0.1) is 7.11 Å². The van der Waals surface area contributed by atoms with Crippen molar-refractivity contribution in [2.45, 2.75) is 0 Å². The Morgan fingerprint density at radius 1 is 1.44 bits per heavy atom. The number of carbonyl (C=O) groups is 1. The molecule has 0 atom stereocenters. The van der Waals surface area contributed by atoms with Crippen molar-refractivity contribution in [3.8, 4) is 5.75 Å². The Kier molecular flexibility index (Phi) is 4.65. The Morgan fingerprint density at radius 2 is 2.06 bits per heavy atom. The number of rotatable bonds is 3. The van der Waals surface area contributed by atoms with E-state index in [2.05, 4.69) is 10.5 Å². The number of nitrogens with one attached hydrogen (secondary N) is 1. The van der Waals surface area contributed by atoms with Crippen molar-refractivity contribution >= 4 is 22.8 Å². The van der Waals surface area contributed by atoms with Crippen LogP contribution in [0.1, 0.15) is 10.4 Å². The highest BCUT2D eigenvalue weighted by molar-refractivity contribution is 8.13. The number of thioether (sulfide) groups is 1. The third-order valence-electron chi connectivity index (χ3n) is 1.83. The maximum atomic E-state index is 11.5. The number of hydrogen-bond acceptors (Lipinski definition) is 4. The summed E-state index contributed by atoms with van der Waals surface area (Å²) < 4.78 is 4.98. The van der Waals surface area contributed by atoms with Gasteiger partial charge in [0, 0.05) is 5.56 Å². The molecule has 0 saturated heterocycles. The number of methoxy groups -OCH3 is 1. The molecule has 0 fully saturated rings. The summed E-state index contributed by atoms with van der Waals surface area (Å²) in [6.07, 6.45) is 1.78. The van der Waals surface area contributed by atoms with Gasteiger partial charge in [0.1, 0.15) is 5.75 Å². The Labute approximate surface area is 98.0 Å². The van der Waals surface area contributed by atoms with Gasteiger partial charge in [-0.3, -0.25) is 4.79 Å². The SMILES string of the molecule is COc1ccc(C(=O)N/N=C(\N)SC)cc1. The van der Waals surface area contributed by atoms with E-state index in [4.69, 9.17) is 10.5 Å². The van der Waals surface area contributed by atoms with Gasteiger partial charge in [-0.2, -0.15) is 0 Å². The van der Waals surface area contributed by atoms with Crippen LogP contribution in [0.2, 0.25) is 0 Å². The van der Waals surface area contributed by atoms with Crippen molar-refractivity contribution in [1.82, 2.24) is 5.43 Å². The molecule has 1 rings (SSSR count). The van der Waals surface area contributed by atoms with Crippen molar-refractivity contribution in [3.05, 3.63) is 29.8 Å². The number of amidine groups is 1. The molecule has 0 heterocycles. The van der Waals surface area contributed by atoms with Crippen LogP contribution in [0.15, 0.2) is 29.4 Å². The molecule has 0 aliphatic carbocycles. The molecule has 3 N–H and O–H groups in total. The fourth-order valence-corrected chi connectivity index (χ4v) is 1.10. The first-order valence-corrected chi connectivity index (χ1v) is 5.71. The monoisotopic (exact) mass is 239 g/mol. The summed E-state index contributed by atoms with van der Waals surface area (Å²) in [7, 11) is 1.57. The van der Waals surface area contributed by atoms with Crippen LogP contribution in [0.5, 0.6) is 5.75 Å². The molecule has 1 aromatic carbocycles. The fourth-order valence-electron chi connectivity index (χ4n) is 0.958. The van der Waals surface area contributed by atoms with Crippen LogP contribution >= 0.6 is 11.8 Å². The van der Waals surface area contributed by atoms with Gasteiger partial charge in [0.15, 0.2) is 5.17 Å². The molecule has 6 heteroatoms. The van der Waals surface area contributed by atoms with Crippen molar-refractivity contribution in [2.75, 3.05) is 13.4 Å². The second-order valence-corrected chi connectivity index (χ2v) is 3.65. The van der Waals surface area contributed by atoms with Gasteiger partial charge in [-0.15, -0.1) is 5.10 Å². The average molecular weight is 239 g/mol. The van der Waals surface area contributed by atoms with Crippen LogP contribution in [0.4, 0.5) is 0 Å². The molecule has 1 amide bonds. The molecule has 0 radical (unpaired) electrons. The fraction of sp³-hybridized carbons (Fsp3) is 0.200. The van der Waals surface area contributed by atoms with Crippen molar-refractivity contribution in [1.29, 1.82) is 0 Å². The standard InChI is InChI=1S/C10H13N3O2S/c1-15-8-5-3-7(4-6-8)9(14)12-13-10(11)16-2/h3-6H,1-2H3,(H2,11,13)(H,12,14). The quantitative estimate of drug-likeness (QED) is 0.469. The summed E-state index contributed by atoms with van der Waals surface area (Å²) in [5, 5.41) is 4.00. The zero-order valence-electron chi connectivity index (χ0n) is 9.06. The van der Waals surface area contributed by atoms with Gasteiger partial charge in [-0.05, 0) is 30.5 Å². The van der Waals surface area contributed by atoms with E-state index < -0.39 is 0 Å². The second kappa shape index (κ2) is 6.02. The minimum atomic E-state index is -0.306. The van der Waals surface area contributed by atoms with Gasteiger partial charge in [-0.25, -0.2) is 5.43 Å². The molecule has 0 unspecified atom stereocenters. The van der Waals surface area contributed by atoms with Gasteiger partial charge in [0.25, 0.3) is 5.91 Å². The Hall–Kier alpha value is -1.69. The van der Waals surface area contributed by atoms with E-state index >= 15 is 0 Å². The Balaban J connectivity index is 2.66. The second-order valence-electron chi connectivity index (χ2n) is 2.82. The smallest absolute Gasteiger partial charge is 0.271 e. The number of benzene rings is 1. The van der Waals surface area contributed by atoms with Crippen molar-refractivity contribution < 1.29 is 9.53 Å². The highest BCUT2D eigenvalue weighted by Crippen LogP contribution is 2.10. The molecule has 5 nitrogen and oxygen atoms in total.